The maximum absolute atomic E-state index is 11.9. The molecule has 2 saturated heterocycles. The van der Waals surface area contributed by atoms with Crippen molar-refractivity contribution in [1.29, 1.82) is 0 Å². The quantitative estimate of drug-likeness (QED) is 0.745. The molecule has 2 aliphatic heterocycles. The van der Waals surface area contributed by atoms with Gasteiger partial charge in [-0.25, -0.2) is 17.5 Å². The van der Waals surface area contributed by atoms with E-state index in [4.69, 9.17) is 0 Å². The zero-order valence-corrected chi connectivity index (χ0v) is 14.4. The molecule has 0 aromatic carbocycles. The predicted molar refractivity (Wildman–Crippen MR) is 86.2 cm³/mol. The first kappa shape index (κ1) is 17.5. The lowest BCUT2D eigenvalue weighted by Gasteiger charge is -2.30. The predicted octanol–water partition coefficient (Wildman–Crippen LogP) is 0.0514. The highest BCUT2D eigenvalue weighted by atomic mass is 32.2. The van der Waals surface area contributed by atoms with Crippen molar-refractivity contribution < 1.29 is 13.2 Å². The number of sulfonamides is 1. The van der Waals surface area contributed by atoms with E-state index in [1.165, 1.54) is 10.6 Å². The van der Waals surface area contributed by atoms with Gasteiger partial charge in [0, 0.05) is 32.2 Å². The molecule has 0 aromatic rings. The number of nitrogens with zero attached hydrogens (tertiary/aromatic N) is 2. The molecule has 7 nitrogen and oxygen atoms in total. The van der Waals surface area contributed by atoms with Crippen molar-refractivity contribution in [2.45, 2.75) is 32.2 Å². The lowest BCUT2D eigenvalue weighted by Crippen LogP contribution is -2.49. The molecule has 2 aliphatic rings. The molecule has 22 heavy (non-hydrogen) atoms. The summed E-state index contributed by atoms with van der Waals surface area (Å²) in [6.45, 7) is 7.09. The Bertz CT molecular complexity index is 474. The van der Waals surface area contributed by atoms with Crippen molar-refractivity contribution in [3.63, 3.8) is 0 Å². The van der Waals surface area contributed by atoms with Crippen LogP contribution in [0.1, 0.15) is 26.2 Å². The van der Waals surface area contributed by atoms with Crippen LogP contribution in [-0.4, -0.2) is 75.2 Å². The second kappa shape index (κ2) is 7.61. The summed E-state index contributed by atoms with van der Waals surface area (Å²) in [5.41, 5.74) is 0. The van der Waals surface area contributed by atoms with Crippen molar-refractivity contribution >= 4 is 16.1 Å². The molecule has 0 aromatic heterocycles. The molecule has 0 spiro atoms. The number of rotatable bonds is 5. The number of urea groups is 1. The van der Waals surface area contributed by atoms with Gasteiger partial charge in [0.1, 0.15) is 0 Å². The van der Waals surface area contributed by atoms with Gasteiger partial charge in [-0.05, 0) is 38.3 Å². The van der Waals surface area contributed by atoms with Crippen LogP contribution in [0.5, 0.6) is 0 Å². The van der Waals surface area contributed by atoms with Crippen molar-refractivity contribution in [2.24, 2.45) is 5.92 Å². The van der Waals surface area contributed by atoms with Gasteiger partial charge in [0.15, 0.2) is 0 Å². The molecule has 1 atom stereocenters. The highest BCUT2D eigenvalue weighted by molar-refractivity contribution is 7.88. The fourth-order valence-corrected chi connectivity index (χ4v) is 4.05. The number of nitrogens with one attached hydrogen (secondary N) is 2. The largest absolute Gasteiger partial charge is 0.338 e. The van der Waals surface area contributed by atoms with Crippen LogP contribution in [0.15, 0.2) is 0 Å². The van der Waals surface area contributed by atoms with E-state index in [0.717, 1.165) is 26.1 Å². The summed E-state index contributed by atoms with van der Waals surface area (Å²) >= 11 is 0. The lowest BCUT2D eigenvalue weighted by molar-refractivity contribution is 0.226. The summed E-state index contributed by atoms with van der Waals surface area (Å²) in [5.74, 6) is 0.540. The number of hydrogen-bond donors (Lipinski definition) is 2. The number of carbonyl (C=O) groups excluding carboxylic acids is 1. The Labute approximate surface area is 133 Å². The standard InChI is InChI=1S/C14H28N4O3S/c1-3-17-7-4-12(11-17)10-15-14(19)16-13-5-8-18(9-6-13)22(2,20)21/h12-13H,3-11H2,1-2H3,(H2,15,16,19)/t12-/m0/s1. The number of likely N-dealkylation sites (tertiary alicyclic amines) is 1. The molecule has 2 heterocycles. The number of amides is 2. The van der Waals surface area contributed by atoms with E-state index in [2.05, 4.69) is 22.5 Å². The monoisotopic (exact) mass is 332 g/mol. The summed E-state index contributed by atoms with van der Waals surface area (Å²) in [6.07, 6.45) is 3.72. The smallest absolute Gasteiger partial charge is 0.315 e. The number of hydrogen-bond acceptors (Lipinski definition) is 4. The molecule has 0 saturated carbocycles. The molecule has 2 fully saturated rings. The second-order valence-corrected chi connectivity index (χ2v) is 8.32. The van der Waals surface area contributed by atoms with Crippen LogP contribution in [0.25, 0.3) is 0 Å². The summed E-state index contributed by atoms with van der Waals surface area (Å²) in [6, 6.07) is -0.0681. The average Bonchev–Trinajstić information content (AvgIpc) is 2.93. The third-order valence-corrected chi connectivity index (χ3v) is 5.93. The maximum Gasteiger partial charge on any atom is 0.315 e. The van der Waals surface area contributed by atoms with Gasteiger partial charge < -0.3 is 15.5 Å². The van der Waals surface area contributed by atoms with Gasteiger partial charge in [-0.2, -0.15) is 0 Å². The Morgan fingerprint density at radius 3 is 2.41 bits per heavy atom. The van der Waals surface area contributed by atoms with Crippen molar-refractivity contribution in [3.05, 3.63) is 0 Å². The first-order chi connectivity index (χ1) is 10.4. The Morgan fingerprint density at radius 2 is 1.86 bits per heavy atom. The molecule has 128 valence electrons. The first-order valence-corrected chi connectivity index (χ1v) is 9.95. The van der Waals surface area contributed by atoms with E-state index >= 15 is 0 Å². The average molecular weight is 332 g/mol. The van der Waals surface area contributed by atoms with Crippen LogP contribution < -0.4 is 10.6 Å². The van der Waals surface area contributed by atoms with Crippen molar-refractivity contribution in [3.8, 4) is 0 Å². The van der Waals surface area contributed by atoms with Gasteiger partial charge >= 0.3 is 6.03 Å². The number of carbonyl (C=O) groups is 1. The van der Waals surface area contributed by atoms with Gasteiger partial charge in [-0.15, -0.1) is 0 Å². The molecule has 0 radical (unpaired) electrons. The van der Waals surface area contributed by atoms with Crippen LogP contribution in [0.3, 0.4) is 0 Å². The van der Waals surface area contributed by atoms with Crippen LogP contribution in [-0.2, 0) is 10.0 Å². The molecule has 2 N–H and O–H groups in total. The molecular weight excluding hydrogens is 304 g/mol. The van der Waals surface area contributed by atoms with Gasteiger partial charge in [0.2, 0.25) is 10.0 Å². The molecule has 2 amide bonds. The molecule has 0 bridgehead atoms. The lowest BCUT2D eigenvalue weighted by atomic mass is 10.1. The van der Waals surface area contributed by atoms with Crippen molar-refractivity contribution in [1.82, 2.24) is 19.8 Å². The Hall–Kier alpha value is -0.860. The van der Waals surface area contributed by atoms with Crippen LogP contribution in [0, 0.1) is 5.92 Å². The SMILES string of the molecule is CCN1CC[C@@H](CNC(=O)NC2CCN(S(C)(=O)=O)CC2)C1. The molecular formula is C14H28N4O3S. The normalized spacial score (nSPS) is 25.3. The molecule has 8 heteroatoms. The van der Waals surface area contributed by atoms with E-state index in [9.17, 15) is 13.2 Å². The highest BCUT2D eigenvalue weighted by Gasteiger charge is 2.26. The van der Waals surface area contributed by atoms with Crippen LogP contribution in [0.2, 0.25) is 0 Å². The third-order valence-electron chi connectivity index (χ3n) is 4.63. The number of piperidine rings is 1. The zero-order valence-electron chi connectivity index (χ0n) is 13.5. The fourth-order valence-electron chi connectivity index (χ4n) is 3.17. The van der Waals surface area contributed by atoms with Gasteiger partial charge in [-0.1, -0.05) is 6.92 Å². The minimum absolute atomic E-state index is 0.0636. The Kier molecular flexibility index (Phi) is 6.05. The van der Waals surface area contributed by atoms with Crippen LogP contribution in [0.4, 0.5) is 4.79 Å². The van der Waals surface area contributed by atoms with Gasteiger partial charge in [-0.3, -0.25) is 0 Å². The minimum atomic E-state index is -3.11. The fraction of sp³-hybridized carbons (Fsp3) is 0.929. The van der Waals surface area contributed by atoms with E-state index in [1.54, 1.807) is 0 Å². The Morgan fingerprint density at radius 1 is 1.18 bits per heavy atom. The molecule has 0 unspecified atom stereocenters. The van der Waals surface area contributed by atoms with E-state index in [1.807, 2.05) is 0 Å². The Balaban J connectivity index is 1.64. The molecule has 2 rings (SSSR count). The topological polar surface area (TPSA) is 81.8 Å². The highest BCUT2D eigenvalue weighted by Crippen LogP contribution is 2.15. The maximum atomic E-state index is 11.9. The third kappa shape index (κ3) is 5.10. The summed E-state index contributed by atoms with van der Waals surface area (Å²) in [7, 11) is -3.11. The molecule has 0 aliphatic carbocycles. The summed E-state index contributed by atoms with van der Waals surface area (Å²) in [5, 5.41) is 5.90. The minimum Gasteiger partial charge on any atom is -0.338 e. The zero-order chi connectivity index (χ0) is 16.2. The van der Waals surface area contributed by atoms with Crippen molar-refractivity contribution in [2.75, 3.05) is 45.5 Å². The summed E-state index contributed by atoms with van der Waals surface area (Å²) in [4.78, 5) is 14.3. The van der Waals surface area contributed by atoms with Gasteiger partial charge in [0.25, 0.3) is 0 Å². The summed E-state index contributed by atoms with van der Waals surface area (Å²) < 4.78 is 24.3. The first-order valence-electron chi connectivity index (χ1n) is 8.10. The van der Waals surface area contributed by atoms with E-state index in [-0.39, 0.29) is 12.1 Å². The van der Waals surface area contributed by atoms with Gasteiger partial charge in [0.05, 0.1) is 6.26 Å². The van der Waals surface area contributed by atoms with E-state index < -0.39 is 10.0 Å². The van der Waals surface area contributed by atoms with E-state index in [0.29, 0.717) is 38.4 Å². The second-order valence-electron chi connectivity index (χ2n) is 6.34. The van der Waals surface area contributed by atoms with Crippen LogP contribution >= 0.6 is 0 Å².